The summed E-state index contributed by atoms with van der Waals surface area (Å²) in [6.07, 6.45) is 1.89. The lowest BCUT2D eigenvalue weighted by Crippen LogP contribution is -2.49. The molecule has 6 nitrogen and oxygen atoms in total. The Balaban J connectivity index is 1.74. The number of carbonyl (C=O) groups is 1. The van der Waals surface area contributed by atoms with E-state index in [0.717, 1.165) is 11.3 Å². The fourth-order valence-corrected chi connectivity index (χ4v) is 2.97. The minimum atomic E-state index is -0.0685. The van der Waals surface area contributed by atoms with Crippen LogP contribution in [0.15, 0.2) is 30.5 Å². The highest BCUT2D eigenvalue weighted by atomic mass is 16.5. The quantitative estimate of drug-likeness (QED) is 0.864. The molecule has 1 aromatic heterocycles. The fourth-order valence-electron chi connectivity index (χ4n) is 2.97. The zero-order valence-electron chi connectivity index (χ0n) is 13.8. The number of benzene rings is 1. The highest BCUT2D eigenvalue weighted by Gasteiger charge is 2.31. The van der Waals surface area contributed by atoms with Crippen molar-refractivity contribution in [2.75, 3.05) is 13.2 Å². The minimum absolute atomic E-state index is 0.0685. The van der Waals surface area contributed by atoms with Crippen LogP contribution in [0.3, 0.4) is 0 Å². The summed E-state index contributed by atoms with van der Waals surface area (Å²) in [4.78, 5) is 14.6. The van der Waals surface area contributed by atoms with Crippen molar-refractivity contribution in [1.29, 1.82) is 0 Å². The van der Waals surface area contributed by atoms with Gasteiger partial charge >= 0.3 is 0 Å². The Morgan fingerprint density at radius 2 is 2.17 bits per heavy atom. The molecule has 0 radical (unpaired) electrons. The number of hydrogen-bond acceptors (Lipinski definition) is 4. The van der Waals surface area contributed by atoms with Gasteiger partial charge < -0.3 is 9.64 Å². The molecular weight excluding hydrogens is 292 g/mol. The number of morpholine rings is 1. The molecule has 3 rings (SSSR count). The molecule has 1 fully saturated rings. The normalized spacial score (nSPS) is 21.4. The summed E-state index contributed by atoms with van der Waals surface area (Å²) in [6, 6.07) is 8.25. The van der Waals surface area contributed by atoms with Crippen molar-refractivity contribution in [3.05, 3.63) is 47.3 Å². The summed E-state index contributed by atoms with van der Waals surface area (Å²) in [7, 11) is 1.80. The molecule has 1 aliphatic heterocycles. The number of amides is 1. The fraction of sp³-hybridized carbons (Fsp3) is 0.471. The second-order valence-corrected chi connectivity index (χ2v) is 6.10. The second kappa shape index (κ2) is 6.50. The van der Waals surface area contributed by atoms with Gasteiger partial charge in [0.25, 0.3) is 0 Å². The molecule has 0 saturated carbocycles. The Bertz CT molecular complexity index is 697. The lowest BCUT2D eigenvalue weighted by molar-refractivity contribution is -0.143. The van der Waals surface area contributed by atoms with Gasteiger partial charge in [0.1, 0.15) is 6.10 Å². The second-order valence-electron chi connectivity index (χ2n) is 6.10. The van der Waals surface area contributed by atoms with Crippen molar-refractivity contribution in [3.63, 3.8) is 0 Å². The number of aryl methyl sites for hydroxylation is 2. The first-order chi connectivity index (χ1) is 11.1. The molecular formula is C17H22N4O2. The van der Waals surface area contributed by atoms with Crippen molar-refractivity contribution in [2.45, 2.75) is 32.4 Å². The van der Waals surface area contributed by atoms with Gasteiger partial charge in [-0.25, -0.2) is 0 Å². The molecule has 2 heterocycles. The summed E-state index contributed by atoms with van der Waals surface area (Å²) in [5.74, 6) is 0.0878. The zero-order chi connectivity index (χ0) is 16.4. The summed E-state index contributed by atoms with van der Waals surface area (Å²) < 4.78 is 7.61. The first-order valence-electron chi connectivity index (χ1n) is 7.86. The van der Waals surface area contributed by atoms with Crippen molar-refractivity contribution in [2.24, 2.45) is 7.05 Å². The molecule has 1 saturated heterocycles. The molecule has 2 atom stereocenters. The molecule has 0 N–H and O–H groups in total. The largest absolute Gasteiger partial charge is 0.370 e. The molecule has 0 spiro atoms. The van der Waals surface area contributed by atoms with Gasteiger partial charge in [0.2, 0.25) is 5.91 Å². The summed E-state index contributed by atoms with van der Waals surface area (Å²) in [6.45, 7) is 5.22. The molecule has 1 aliphatic rings. The van der Waals surface area contributed by atoms with Crippen LogP contribution in [0.5, 0.6) is 0 Å². The number of carbonyl (C=O) groups excluding carboxylic acids is 1. The van der Waals surface area contributed by atoms with E-state index >= 15 is 0 Å². The van der Waals surface area contributed by atoms with Gasteiger partial charge in [-0.3, -0.25) is 9.48 Å². The van der Waals surface area contributed by atoms with Crippen LogP contribution < -0.4 is 0 Å². The van der Waals surface area contributed by atoms with Crippen LogP contribution in [-0.2, 0) is 23.0 Å². The van der Waals surface area contributed by atoms with Crippen LogP contribution in [0, 0.1) is 6.92 Å². The summed E-state index contributed by atoms with van der Waals surface area (Å²) >= 11 is 0. The van der Waals surface area contributed by atoms with Gasteiger partial charge in [-0.1, -0.05) is 29.5 Å². The lowest BCUT2D eigenvalue weighted by Gasteiger charge is -2.38. The maximum atomic E-state index is 12.7. The smallest absolute Gasteiger partial charge is 0.229 e. The van der Waals surface area contributed by atoms with E-state index < -0.39 is 0 Å². The van der Waals surface area contributed by atoms with Crippen molar-refractivity contribution < 1.29 is 9.53 Å². The van der Waals surface area contributed by atoms with Gasteiger partial charge in [-0.05, 0) is 25.0 Å². The third-order valence-corrected chi connectivity index (χ3v) is 4.43. The number of ether oxygens (including phenoxy) is 1. The van der Waals surface area contributed by atoms with Crippen molar-refractivity contribution >= 4 is 5.91 Å². The SMILES string of the molecule is Cc1ccccc1C1CN(C(=O)Cc2cnnn2C)C(C)CO1. The van der Waals surface area contributed by atoms with Gasteiger partial charge in [-0.2, -0.15) is 0 Å². The van der Waals surface area contributed by atoms with Crippen LogP contribution in [0.25, 0.3) is 0 Å². The summed E-state index contributed by atoms with van der Waals surface area (Å²) in [5, 5.41) is 7.71. The topological polar surface area (TPSA) is 60.2 Å². The number of aromatic nitrogens is 3. The first-order valence-corrected chi connectivity index (χ1v) is 7.86. The van der Waals surface area contributed by atoms with Gasteiger partial charge in [0, 0.05) is 7.05 Å². The third kappa shape index (κ3) is 3.27. The molecule has 1 amide bonds. The Morgan fingerprint density at radius 3 is 2.87 bits per heavy atom. The Hall–Kier alpha value is -2.21. The molecule has 0 bridgehead atoms. The van der Waals surface area contributed by atoms with E-state index in [1.807, 2.05) is 24.0 Å². The van der Waals surface area contributed by atoms with Crippen LogP contribution in [0.1, 0.15) is 29.8 Å². The Labute approximate surface area is 136 Å². The van der Waals surface area contributed by atoms with E-state index in [-0.39, 0.29) is 18.1 Å². The average molecular weight is 314 g/mol. The molecule has 23 heavy (non-hydrogen) atoms. The molecule has 2 unspecified atom stereocenters. The van der Waals surface area contributed by atoms with Crippen molar-refractivity contribution in [1.82, 2.24) is 19.9 Å². The molecule has 6 heteroatoms. The number of nitrogens with zero attached hydrogens (tertiary/aromatic N) is 4. The van der Waals surface area contributed by atoms with Gasteiger partial charge in [0.15, 0.2) is 0 Å². The molecule has 2 aromatic rings. The van der Waals surface area contributed by atoms with E-state index in [2.05, 4.69) is 29.4 Å². The van der Waals surface area contributed by atoms with Crippen LogP contribution in [0.2, 0.25) is 0 Å². The van der Waals surface area contributed by atoms with E-state index in [4.69, 9.17) is 4.74 Å². The van der Waals surface area contributed by atoms with E-state index in [1.165, 1.54) is 5.56 Å². The monoisotopic (exact) mass is 314 g/mol. The third-order valence-electron chi connectivity index (χ3n) is 4.43. The molecule has 0 aliphatic carbocycles. The lowest BCUT2D eigenvalue weighted by atomic mass is 10.0. The van der Waals surface area contributed by atoms with Gasteiger partial charge in [-0.15, -0.1) is 5.10 Å². The molecule has 1 aromatic carbocycles. The predicted molar refractivity (Wildman–Crippen MR) is 85.8 cm³/mol. The van der Waals surface area contributed by atoms with E-state index in [1.54, 1.807) is 17.9 Å². The predicted octanol–water partition coefficient (Wildman–Crippen LogP) is 1.65. The Morgan fingerprint density at radius 1 is 1.39 bits per heavy atom. The maximum Gasteiger partial charge on any atom is 0.229 e. The first kappa shape index (κ1) is 15.7. The van der Waals surface area contributed by atoms with E-state index in [0.29, 0.717) is 19.6 Å². The highest BCUT2D eigenvalue weighted by molar-refractivity contribution is 5.78. The van der Waals surface area contributed by atoms with Crippen molar-refractivity contribution in [3.8, 4) is 0 Å². The van der Waals surface area contributed by atoms with Crippen LogP contribution in [-0.4, -0.2) is 45.0 Å². The maximum absolute atomic E-state index is 12.7. The highest BCUT2D eigenvalue weighted by Crippen LogP contribution is 2.27. The number of hydrogen-bond donors (Lipinski definition) is 0. The standard InChI is InChI=1S/C17H22N4O2/c1-12-6-4-5-7-15(12)16-10-21(13(2)11-23-16)17(22)8-14-9-18-19-20(14)3/h4-7,9,13,16H,8,10-11H2,1-3H3. The summed E-state index contributed by atoms with van der Waals surface area (Å²) in [5.41, 5.74) is 3.16. The van der Waals surface area contributed by atoms with Crippen LogP contribution in [0.4, 0.5) is 0 Å². The number of rotatable bonds is 3. The van der Waals surface area contributed by atoms with Crippen LogP contribution >= 0.6 is 0 Å². The average Bonchev–Trinajstić information content (AvgIpc) is 2.93. The van der Waals surface area contributed by atoms with E-state index in [9.17, 15) is 4.79 Å². The van der Waals surface area contributed by atoms with Gasteiger partial charge in [0.05, 0.1) is 37.5 Å². The molecule has 122 valence electrons. The minimum Gasteiger partial charge on any atom is -0.370 e. The zero-order valence-corrected chi connectivity index (χ0v) is 13.8. The Kier molecular flexibility index (Phi) is 4.43.